The van der Waals surface area contributed by atoms with Gasteiger partial charge in [-0.3, -0.25) is 4.57 Å². The molecular formula is C33H28F3N3O5. The van der Waals surface area contributed by atoms with Crippen LogP contribution in [0.15, 0.2) is 101 Å². The van der Waals surface area contributed by atoms with E-state index in [1.54, 1.807) is 72.8 Å². The van der Waals surface area contributed by atoms with Crippen molar-refractivity contribution in [2.75, 3.05) is 0 Å². The maximum Gasteiger partial charge on any atom is 0.389 e. The fourth-order valence-electron chi connectivity index (χ4n) is 5.08. The average molecular weight is 604 g/mol. The molecule has 44 heavy (non-hydrogen) atoms. The highest BCUT2D eigenvalue weighted by Crippen LogP contribution is 2.43. The third-order valence-electron chi connectivity index (χ3n) is 7.39. The molecule has 1 unspecified atom stereocenters. The lowest BCUT2D eigenvalue weighted by Gasteiger charge is -2.24. The van der Waals surface area contributed by atoms with Crippen molar-refractivity contribution >= 4 is 28.2 Å². The van der Waals surface area contributed by atoms with E-state index in [1.807, 2.05) is 0 Å². The number of aromatic nitrogens is 1. The number of phenolic OH excluding ortho intramolecular Hbond substituents is 1. The summed E-state index contributed by atoms with van der Waals surface area (Å²) in [6, 6.07) is 24.4. The second-order valence-corrected chi connectivity index (χ2v) is 10.6. The summed E-state index contributed by atoms with van der Waals surface area (Å²) < 4.78 is 39.3. The van der Waals surface area contributed by atoms with Crippen LogP contribution in [0.3, 0.4) is 0 Å². The number of hydrogen-bond acceptors (Lipinski definition) is 6. The van der Waals surface area contributed by atoms with Gasteiger partial charge < -0.3 is 20.4 Å². The maximum absolute atomic E-state index is 12.6. The summed E-state index contributed by atoms with van der Waals surface area (Å²) in [5, 5.41) is 51.4. The van der Waals surface area contributed by atoms with Crippen molar-refractivity contribution in [3.63, 3.8) is 0 Å². The molecule has 0 spiro atoms. The van der Waals surface area contributed by atoms with Crippen molar-refractivity contribution in [3.05, 3.63) is 102 Å². The van der Waals surface area contributed by atoms with E-state index in [0.717, 1.165) is 0 Å². The van der Waals surface area contributed by atoms with Crippen molar-refractivity contribution in [1.29, 1.82) is 0 Å². The Morgan fingerprint density at radius 1 is 0.864 bits per heavy atom. The van der Waals surface area contributed by atoms with Gasteiger partial charge in [0.1, 0.15) is 5.69 Å². The Kier molecular flexibility index (Phi) is 8.16. The molecule has 0 radical (unpaired) electrons. The molecule has 5 rings (SSSR count). The zero-order chi connectivity index (χ0) is 31.6. The first kappa shape index (κ1) is 30.3. The molecule has 226 valence electrons. The highest BCUT2D eigenvalue weighted by molar-refractivity contribution is 5.96. The minimum Gasteiger partial charge on any atom is -0.505 e. The molecule has 0 saturated carbocycles. The van der Waals surface area contributed by atoms with E-state index in [0.29, 0.717) is 33.3 Å². The predicted molar refractivity (Wildman–Crippen MR) is 159 cm³/mol. The molecule has 0 amide bonds. The Morgan fingerprint density at radius 3 is 2.27 bits per heavy atom. The number of alkyl halides is 3. The van der Waals surface area contributed by atoms with Crippen LogP contribution < -0.4 is 0 Å². The maximum atomic E-state index is 12.6. The van der Waals surface area contributed by atoms with Gasteiger partial charge in [0.05, 0.1) is 16.7 Å². The number of carboxylic acid groups (broad SMARTS) is 1. The molecule has 1 atom stereocenters. The predicted octanol–water partition coefficient (Wildman–Crippen LogP) is 8.76. The summed E-state index contributed by atoms with van der Waals surface area (Å²) >= 11 is 0. The number of para-hydroxylation sites is 2. The number of nitrogens with zero attached hydrogens (tertiary/aromatic N) is 3. The Balaban J connectivity index is 1.47. The highest BCUT2D eigenvalue weighted by atomic mass is 19.4. The molecule has 5 aromatic rings. The number of azo groups is 1. The standard InChI is InChI=1S/C33H28F3N3O5/c1-32(44,17-6-18-33(34,35)36)22-13-15-23(16-14-22)39-27-12-3-2-9-25(27)28(30(39)41)38-37-26-11-5-10-24(29(26)40)20-7-4-8-21(19-20)31(42)43/h2-5,7-16,19,40-41,44H,6,17-18H2,1H3,(H,42,43). The number of carbonyl (C=O) groups is 1. The molecule has 4 aromatic carbocycles. The van der Waals surface area contributed by atoms with Gasteiger partial charge in [-0.2, -0.15) is 13.2 Å². The molecule has 4 N–H and O–H groups in total. The van der Waals surface area contributed by atoms with Crippen LogP contribution in [0.1, 0.15) is 42.1 Å². The fourth-order valence-corrected chi connectivity index (χ4v) is 5.08. The minimum atomic E-state index is -4.29. The monoisotopic (exact) mass is 603 g/mol. The van der Waals surface area contributed by atoms with Gasteiger partial charge in [0.2, 0.25) is 5.88 Å². The van der Waals surface area contributed by atoms with E-state index < -0.39 is 24.2 Å². The van der Waals surface area contributed by atoms with Crippen LogP contribution in [-0.4, -0.2) is 37.1 Å². The minimum absolute atomic E-state index is 0.0600. The van der Waals surface area contributed by atoms with Gasteiger partial charge in [-0.25, -0.2) is 4.79 Å². The number of phenols is 1. The number of carboxylic acids is 1. The zero-order valence-electron chi connectivity index (χ0n) is 23.5. The van der Waals surface area contributed by atoms with Crippen LogP contribution in [0.4, 0.5) is 24.5 Å². The van der Waals surface area contributed by atoms with Gasteiger partial charge in [-0.1, -0.05) is 54.6 Å². The van der Waals surface area contributed by atoms with E-state index >= 15 is 0 Å². The topological polar surface area (TPSA) is 128 Å². The number of rotatable bonds is 9. The molecule has 8 nitrogen and oxygen atoms in total. The highest BCUT2D eigenvalue weighted by Gasteiger charge is 2.30. The zero-order valence-corrected chi connectivity index (χ0v) is 23.5. The van der Waals surface area contributed by atoms with E-state index in [2.05, 4.69) is 10.2 Å². The van der Waals surface area contributed by atoms with E-state index in [9.17, 15) is 38.4 Å². The summed E-state index contributed by atoms with van der Waals surface area (Å²) in [5.41, 5.74) is 1.17. The van der Waals surface area contributed by atoms with Crippen LogP contribution in [0, 0.1) is 0 Å². The van der Waals surface area contributed by atoms with Crippen molar-refractivity contribution < 1.29 is 38.4 Å². The summed E-state index contributed by atoms with van der Waals surface area (Å²) in [5.74, 6) is -1.57. The second kappa shape index (κ2) is 11.8. The van der Waals surface area contributed by atoms with Crippen LogP contribution in [-0.2, 0) is 5.60 Å². The Bertz CT molecular complexity index is 1860. The van der Waals surface area contributed by atoms with Gasteiger partial charge in [0.15, 0.2) is 11.4 Å². The first-order valence-electron chi connectivity index (χ1n) is 13.7. The summed E-state index contributed by atoms with van der Waals surface area (Å²) in [7, 11) is 0. The number of aromatic hydroxyl groups is 2. The Labute approximate surface area is 250 Å². The number of hydrogen-bond donors (Lipinski definition) is 4. The molecule has 0 aliphatic carbocycles. The van der Waals surface area contributed by atoms with Crippen LogP contribution in [0.25, 0.3) is 27.7 Å². The van der Waals surface area contributed by atoms with Crippen molar-refractivity contribution in [3.8, 4) is 28.4 Å². The van der Waals surface area contributed by atoms with E-state index in [1.165, 1.54) is 29.7 Å². The van der Waals surface area contributed by atoms with Crippen molar-refractivity contribution in [1.82, 2.24) is 4.57 Å². The SMILES string of the molecule is CC(O)(CCCC(F)(F)F)c1ccc(-n2c(O)c(N=Nc3cccc(-c4cccc(C(=O)O)c4)c3O)c3ccccc32)cc1. The number of benzene rings is 4. The molecule has 0 saturated heterocycles. The largest absolute Gasteiger partial charge is 0.505 e. The molecule has 0 aliphatic heterocycles. The average Bonchev–Trinajstić information content (AvgIpc) is 3.26. The van der Waals surface area contributed by atoms with Crippen LogP contribution in [0.5, 0.6) is 11.6 Å². The number of aromatic carboxylic acids is 1. The number of fused-ring (bicyclic) bond motifs is 1. The Hall–Kier alpha value is -5.16. The first-order chi connectivity index (χ1) is 20.9. The van der Waals surface area contributed by atoms with Gasteiger partial charge in [-0.05, 0) is 67.3 Å². The van der Waals surface area contributed by atoms with Crippen molar-refractivity contribution in [2.45, 2.75) is 38.0 Å². The number of halogens is 3. The third kappa shape index (κ3) is 6.28. The molecular weight excluding hydrogens is 575 g/mol. The summed E-state index contributed by atoms with van der Waals surface area (Å²) in [4.78, 5) is 11.4. The van der Waals surface area contributed by atoms with Crippen LogP contribution >= 0.6 is 0 Å². The normalized spacial score (nSPS) is 13.4. The van der Waals surface area contributed by atoms with Crippen LogP contribution in [0.2, 0.25) is 0 Å². The molecule has 0 bridgehead atoms. The molecule has 1 heterocycles. The quantitative estimate of drug-likeness (QED) is 0.125. The van der Waals surface area contributed by atoms with Gasteiger partial charge in [0, 0.05) is 23.1 Å². The Morgan fingerprint density at radius 2 is 1.57 bits per heavy atom. The fraction of sp³-hybridized carbons (Fsp3) is 0.182. The summed E-state index contributed by atoms with van der Waals surface area (Å²) in [6.07, 6.45) is -5.57. The molecule has 0 fully saturated rings. The second-order valence-electron chi connectivity index (χ2n) is 10.6. The first-order valence-corrected chi connectivity index (χ1v) is 13.7. The van der Waals surface area contributed by atoms with Crippen molar-refractivity contribution in [2.24, 2.45) is 10.2 Å². The van der Waals surface area contributed by atoms with E-state index in [-0.39, 0.29) is 41.4 Å². The lowest BCUT2D eigenvalue weighted by atomic mass is 9.90. The van der Waals surface area contributed by atoms with Gasteiger partial charge >= 0.3 is 12.1 Å². The lowest BCUT2D eigenvalue weighted by molar-refractivity contribution is -0.137. The van der Waals surface area contributed by atoms with E-state index in [4.69, 9.17) is 0 Å². The molecule has 0 aliphatic rings. The summed E-state index contributed by atoms with van der Waals surface area (Å²) in [6.45, 7) is 1.46. The number of aliphatic hydroxyl groups is 1. The smallest absolute Gasteiger partial charge is 0.389 e. The van der Waals surface area contributed by atoms with Gasteiger partial charge in [-0.15, -0.1) is 10.2 Å². The molecule has 1 aromatic heterocycles. The third-order valence-corrected chi connectivity index (χ3v) is 7.39. The lowest BCUT2D eigenvalue weighted by Crippen LogP contribution is -2.22. The van der Waals surface area contributed by atoms with Gasteiger partial charge in [0.25, 0.3) is 0 Å². The molecule has 11 heteroatoms.